The molecule has 3 heteroatoms. The Morgan fingerprint density at radius 3 is 1.93 bits per heavy atom. The Bertz CT molecular complexity index is 1170. The maximum absolute atomic E-state index is 6.55. The molecule has 4 rings (SSSR count). The molecule has 0 amide bonds. The molecule has 3 aromatic carbocycles. The van der Waals surface area contributed by atoms with Gasteiger partial charge in [-0.15, -0.1) is 0 Å². The Hall–Kier alpha value is -2.52. The number of furan rings is 1. The van der Waals surface area contributed by atoms with Crippen LogP contribution in [0.2, 0.25) is 19.6 Å². The zero-order valence-electron chi connectivity index (χ0n) is 18.6. The van der Waals surface area contributed by atoms with E-state index < -0.39 is 8.07 Å². The van der Waals surface area contributed by atoms with Crippen LogP contribution in [-0.2, 0) is 5.41 Å². The number of benzene rings is 3. The van der Waals surface area contributed by atoms with E-state index in [9.17, 15) is 0 Å². The molecule has 0 fully saturated rings. The number of rotatable bonds is 3. The van der Waals surface area contributed by atoms with E-state index in [1.807, 2.05) is 0 Å². The molecule has 150 valence electrons. The van der Waals surface area contributed by atoms with Crippen LogP contribution in [0.25, 0.3) is 21.9 Å². The number of hydrogen-bond donors (Lipinski definition) is 0. The van der Waals surface area contributed by atoms with E-state index in [-0.39, 0.29) is 5.41 Å². The number of fused-ring (bicyclic) bond motifs is 3. The lowest BCUT2D eigenvalue weighted by atomic mass is 9.87. The molecule has 0 atom stereocenters. The van der Waals surface area contributed by atoms with Crippen molar-refractivity contribution >= 4 is 46.6 Å². The zero-order valence-corrected chi connectivity index (χ0v) is 19.6. The van der Waals surface area contributed by atoms with E-state index in [0.717, 1.165) is 22.5 Å². The average Bonchev–Trinajstić information content (AvgIpc) is 3.04. The number of para-hydroxylation sites is 2. The lowest BCUT2D eigenvalue weighted by Crippen LogP contribution is -2.37. The van der Waals surface area contributed by atoms with Crippen molar-refractivity contribution in [3.8, 4) is 0 Å². The van der Waals surface area contributed by atoms with Crippen molar-refractivity contribution in [1.82, 2.24) is 0 Å². The van der Waals surface area contributed by atoms with Crippen molar-refractivity contribution in [2.24, 2.45) is 0 Å². The molecule has 0 saturated heterocycles. The lowest BCUT2D eigenvalue weighted by Gasteiger charge is -2.23. The SMILES string of the molecule is CN(c1ccc(C(C)(C)C)cc1)c1cccc2c1oc1c([Si](C)(C)C)cccc12. The minimum Gasteiger partial charge on any atom is -0.454 e. The molecular formula is C26H31NOSi. The molecule has 4 aromatic rings. The van der Waals surface area contributed by atoms with E-state index >= 15 is 0 Å². The zero-order chi connectivity index (χ0) is 21.0. The highest BCUT2D eigenvalue weighted by Crippen LogP contribution is 2.37. The van der Waals surface area contributed by atoms with Crippen molar-refractivity contribution in [3.05, 3.63) is 66.2 Å². The van der Waals surface area contributed by atoms with Crippen LogP contribution in [0.5, 0.6) is 0 Å². The quantitative estimate of drug-likeness (QED) is 0.338. The number of hydrogen-bond acceptors (Lipinski definition) is 2. The molecule has 2 nitrogen and oxygen atoms in total. The van der Waals surface area contributed by atoms with Gasteiger partial charge in [-0.2, -0.15) is 0 Å². The van der Waals surface area contributed by atoms with Gasteiger partial charge in [-0.05, 0) is 34.4 Å². The Morgan fingerprint density at radius 1 is 0.759 bits per heavy atom. The summed E-state index contributed by atoms with van der Waals surface area (Å²) in [5, 5.41) is 3.79. The maximum Gasteiger partial charge on any atom is 0.159 e. The highest BCUT2D eigenvalue weighted by atomic mass is 28.3. The van der Waals surface area contributed by atoms with Crippen LogP contribution >= 0.6 is 0 Å². The van der Waals surface area contributed by atoms with Crippen LogP contribution in [0.15, 0.2) is 65.1 Å². The standard InChI is InChI=1S/C26H31NOSi/c1-26(2,3)18-14-16-19(17-15-18)27(4)22-12-8-10-20-21-11-9-13-23(29(5,6)7)25(21)28-24(20)22/h8-17H,1-7H3. The van der Waals surface area contributed by atoms with Crippen LogP contribution < -0.4 is 10.1 Å². The van der Waals surface area contributed by atoms with Gasteiger partial charge in [0.05, 0.1) is 13.8 Å². The van der Waals surface area contributed by atoms with E-state index in [1.165, 1.54) is 21.5 Å². The molecule has 1 heterocycles. The minimum absolute atomic E-state index is 0.156. The van der Waals surface area contributed by atoms with Crippen LogP contribution in [0, 0.1) is 0 Å². The van der Waals surface area contributed by atoms with Gasteiger partial charge in [-0.1, -0.05) is 82.9 Å². The molecule has 0 radical (unpaired) electrons. The second-order valence-corrected chi connectivity index (χ2v) is 15.1. The largest absolute Gasteiger partial charge is 0.454 e. The third-order valence-electron chi connectivity index (χ3n) is 5.79. The summed E-state index contributed by atoms with van der Waals surface area (Å²) in [6.07, 6.45) is 0. The summed E-state index contributed by atoms with van der Waals surface area (Å²) in [6.45, 7) is 13.9. The summed E-state index contributed by atoms with van der Waals surface area (Å²) in [4.78, 5) is 2.23. The molecule has 0 spiro atoms. The summed E-state index contributed by atoms with van der Waals surface area (Å²) < 4.78 is 6.55. The molecule has 0 aliphatic heterocycles. The third-order valence-corrected chi connectivity index (χ3v) is 7.80. The van der Waals surface area contributed by atoms with Crippen molar-refractivity contribution in [2.75, 3.05) is 11.9 Å². The highest BCUT2D eigenvalue weighted by Gasteiger charge is 2.23. The molecule has 0 bridgehead atoms. The van der Waals surface area contributed by atoms with Gasteiger partial charge in [0.15, 0.2) is 5.58 Å². The van der Waals surface area contributed by atoms with Gasteiger partial charge >= 0.3 is 0 Å². The molecule has 0 aliphatic carbocycles. The molecule has 1 aromatic heterocycles. The normalized spacial score (nSPS) is 12.7. The Balaban J connectivity index is 1.86. The van der Waals surface area contributed by atoms with Gasteiger partial charge in [-0.25, -0.2) is 0 Å². The smallest absolute Gasteiger partial charge is 0.159 e. The van der Waals surface area contributed by atoms with E-state index in [2.05, 4.69) is 113 Å². The van der Waals surface area contributed by atoms with Crippen molar-refractivity contribution < 1.29 is 4.42 Å². The lowest BCUT2D eigenvalue weighted by molar-refractivity contribution is 0.590. The van der Waals surface area contributed by atoms with Crippen molar-refractivity contribution in [2.45, 2.75) is 45.8 Å². The number of anilines is 2. The first-order valence-electron chi connectivity index (χ1n) is 10.4. The first kappa shape index (κ1) is 19.8. The van der Waals surface area contributed by atoms with Gasteiger partial charge < -0.3 is 9.32 Å². The van der Waals surface area contributed by atoms with E-state index in [4.69, 9.17) is 4.42 Å². The predicted molar refractivity (Wildman–Crippen MR) is 130 cm³/mol. The van der Waals surface area contributed by atoms with Gasteiger partial charge in [0, 0.05) is 23.5 Å². The molecule has 0 aliphatic rings. The second kappa shape index (κ2) is 6.77. The topological polar surface area (TPSA) is 16.4 Å². The van der Waals surface area contributed by atoms with Crippen LogP contribution in [-0.4, -0.2) is 15.1 Å². The van der Waals surface area contributed by atoms with Gasteiger partial charge in [0.1, 0.15) is 5.58 Å². The Morgan fingerprint density at radius 2 is 1.34 bits per heavy atom. The maximum atomic E-state index is 6.55. The van der Waals surface area contributed by atoms with Crippen molar-refractivity contribution in [3.63, 3.8) is 0 Å². The molecule has 0 N–H and O–H groups in total. The van der Waals surface area contributed by atoms with E-state index in [0.29, 0.717) is 0 Å². The Labute approximate surface area is 175 Å². The summed E-state index contributed by atoms with van der Waals surface area (Å²) in [5.74, 6) is 0. The first-order chi connectivity index (χ1) is 13.6. The molecule has 29 heavy (non-hydrogen) atoms. The van der Waals surface area contributed by atoms with Crippen LogP contribution in [0.3, 0.4) is 0 Å². The fourth-order valence-electron chi connectivity index (χ4n) is 3.98. The van der Waals surface area contributed by atoms with Gasteiger partial charge in [-0.3, -0.25) is 0 Å². The fraction of sp³-hybridized carbons (Fsp3) is 0.308. The molecule has 0 unspecified atom stereocenters. The summed E-state index contributed by atoms with van der Waals surface area (Å²) >= 11 is 0. The van der Waals surface area contributed by atoms with Crippen LogP contribution in [0.1, 0.15) is 26.3 Å². The third kappa shape index (κ3) is 3.48. The van der Waals surface area contributed by atoms with Crippen LogP contribution in [0.4, 0.5) is 11.4 Å². The fourth-order valence-corrected chi connectivity index (χ4v) is 5.45. The highest BCUT2D eigenvalue weighted by molar-refractivity contribution is 6.90. The first-order valence-corrected chi connectivity index (χ1v) is 13.9. The second-order valence-electron chi connectivity index (χ2n) is 10.0. The minimum atomic E-state index is -1.50. The summed E-state index contributed by atoms with van der Waals surface area (Å²) in [5.41, 5.74) is 5.79. The summed E-state index contributed by atoms with van der Waals surface area (Å²) in [6, 6.07) is 21.9. The predicted octanol–water partition coefficient (Wildman–Crippen LogP) is 7.20. The monoisotopic (exact) mass is 401 g/mol. The molecule has 0 saturated carbocycles. The average molecular weight is 402 g/mol. The van der Waals surface area contributed by atoms with Gasteiger partial charge in [0.25, 0.3) is 0 Å². The van der Waals surface area contributed by atoms with Crippen molar-refractivity contribution in [1.29, 1.82) is 0 Å². The summed E-state index contributed by atoms with van der Waals surface area (Å²) in [7, 11) is 0.618. The van der Waals surface area contributed by atoms with E-state index in [1.54, 1.807) is 0 Å². The van der Waals surface area contributed by atoms with Gasteiger partial charge in [0.2, 0.25) is 0 Å². The number of nitrogens with zero attached hydrogens (tertiary/aromatic N) is 1. The molecular weight excluding hydrogens is 370 g/mol. The Kier molecular flexibility index (Phi) is 4.62.